The van der Waals surface area contributed by atoms with Crippen molar-refractivity contribution >= 4 is 11.8 Å². The third kappa shape index (κ3) is 3.79. The summed E-state index contributed by atoms with van der Waals surface area (Å²) in [6, 6.07) is 1.32. The lowest BCUT2D eigenvalue weighted by atomic mass is 9.47. The minimum absolute atomic E-state index is 0.00233. The van der Waals surface area contributed by atoms with Crippen LogP contribution in [0.4, 0.5) is 13.2 Å². The standard InChI is InChI=1S/C23H28F3N3O3/c24-15-5-17(25)16(18(26)6-15)10-29-1-2-32-19(11-29)21(30)28-20-13-3-12-4-14(20)9-23(7-12,8-13)22(27)31/h5-6,12-14,19-20H,1-4,7-11H2,(H2,27,31)(H,28,30). The number of morpholine rings is 1. The smallest absolute Gasteiger partial charge is 0.250 e. The van der Waals surface area contributed by atoms with Crippen molar-refractivity contribution in [2.45, 2.75) is 50.8 Å². The van der Waals surface area contributed by atoms with Gasteiger partial charge in [0.25, 0.3) is 5.91 Å². The Kier molecular flexibility index (Phi) is 5.44. The zero-order valence-electron chi connectivity index (χ0n) is 17.8. The molecule has 1 aliphatic heterocycles. The van der Waals surface area contributed by atoms with E-state index < -0.39 is 29.0 Å². The number of amides is 2. The quantitative estimate of drug-likeness (QED) is 0.718. The van der Waals surface area contributed by atoms with Gasteiger partial charge < -0.3 is 15.8 Å². The summed E-state index contributed by atoms with van der Waals surface area (Å²) in [4.78, 5) is 26.9. The number of nitrogens with two attached hydrogens (primary N) is 1. The summed E-state index contributed by atoms with van der Waals surface area (Å²) in [5.74, 6) is -2.32. The molecule has 9 heteroatoms. The van der Waals surface area contributed by atoms with Crippen LogP contribution in [0.5, 0.6) is 0 Å². The number of ether oxygens (including phenoxy) is 1. The van der Waals surface area contributed by atoms with Gasteiger partial charge in [-0.2, -0.15) is 0 Å². The van der Waals surface area contributed by atoms with E-state index in [-0.39, 0.29) is 55.0 Å². The number of halogens is 3. The fourth-order valence-corrected chi connectivity index (χ4v) is 6.77. The van der Waals surface area contributed by atoms with Gasteiger partial charge in [0.05, 0.1) is 6.61 Å². The highest BCUT2D eigenvalue weighted by Crippen LogP contribution is 2.59. The van der Waals surface area contributed by atoms with Gasteiger partial charge in [-0.25, -0.2) is 13.2 Å². The lowest BCUT2D eigenvalue weighted by Crippen LogP contribution is -2.63. The Balaban J connectivity index is 1.23. The fraction of sp³-hybridized carbons (Fsp3) is 0.652. The molecule has 5 aliphatic rings. The van der Waals surface area contributed by atoms with Crippen LogP contribution in [0.2, 0.25) is 0 Å². The molecular formula is C23H28F3N3O3. The monoisotopic (exact) mass is 451 g/mol. The predicted molar refractivity (Wildman–Crippen MR) is 108 cm³/mol. The number of hydrogen-bond donors (Lipinski definition) is 2. The first kappa shape index (κ1) is 21.7. The van der Waals surface area contributed by atoms with Crippen LogP contribution in [-0.2, 0) is 20.9 Å². The van der Waals surface area contributed by atoms with E-state index in [4.69, 9.17) is 10.5 Å². The van der Waals surface area contributed by atoms with Gasteiger partial charge >= 0.3 is 0 Å². The zero-order chi connectivity index (χ0) is 22.6. The first-order valence-corrected chi connectivity index (χ1v) is 11.3. The van der Waals surface area contributed by atoms with E-state index in [1.807, 2.05) is 0 Å². The van der Waals surface area contributed by atoms with E-state index in [0.717, 1.165) is 32.1 Å². The van der Waals surface area contributed by atoms with E-state index in [0.29, 0.717) is 24.6 Å². The van der Waals surface area contributed by atoms with Crippen molar-refractivity contribution in [2.75, 3.05) is 19.7 Å². The van der Waals surface area contributed by atoms with Gasteiger partial charge in [0.15, 0.2) is 0 Å². The third-order valence-electron chi connectivity index (χ3n) is 8.04. The van der Waals surface area contributed by atoms with Gasteiger partial charge in [0.1, 0.15) is 23.6 Å². The largest absolute Gasteiger partial charge is 0.369 e. The van der Waals surface area contributed by atoms with Crippen molar-refractivity contribution < 1.29 is 27.5 Å². The molecule has 3 unspecified atom stereocenters. The molecule has 6 nitrogen and oxygen atoms in total. The number of primary amides is 1. The second kappa shape index (κ2) is 8.02. The van der Waals surface area contributed by atoms with Crippen LogP contribution in [0.1, 0.15) is 37.7 Å². The van der Waals surface area contributed by atoms with Gasteiger partial charge in [-0.1, -0.05) is 0 Å². The van der Waals surface area contributed by atoms with Crippen molar-refractivity contribution in [3.63, 3.8) is 0 Å². The summed E-state index contributed by atoms with van der Waals surface area (Å²) < 4.78 is 46.9. The van der Waals surface area contributed by atoms with Crippen molar-refractivity contribution in [3.8, 4) is 0 Å². The molecule has 3 atom stereocenters. The SMILES string of the molecule is NC(=O)C12CC3CC(C1)C(NC(=O)C1CN(Cc4c(F)cc(F)cc4F)CCO1)C(C3)C2. The Morgan fingerprint density at radius 1 is 1.12 bits per heavy atom. The maximum Gasteiger partial charge on any atom is 0.250 e. The molecule has 32 heavy (non-hydrogen) atoms. The molecule has 0 aromatic heterocycles. The number of nitrogens with zero attached hydrogens (tertiary/aromatic N) is 1. The molecule has 5 fully saturated rings. The van der Waals surface area contributed by atoms with Gasteiger partial charge in [-0.15, -0.1) is 0 Å². The molecule has 1 heterocycles. The molecule has 2 amide bonds. The number of carbonyl (C=O) groups is 2. The minimum Gasteiger partial charge on any atom is -0.369 e. The van der Waals surface area contributed by atoms with Gasteiger partial charge in [0.2, 0.25) is 5.91 Å². The maximum atomic E-state index is 14.0. The Hall–Kier alpha value is -2.13. The third-order valence-corrected chi connectivity index (χ3v) is 8.04. The average Bonchev–Trinajstić information content (AvgIpc) is 2.73. The van der Waals surface area contributed by atoms with Crippen LogP contribution in [0.3, 0.4) is 0 Å². The molecule has 4 saturated carbocycles. The molecule has 174 valence electrons. The second-order valence-corrected chi connectivity index (χ2v) is 10.1. The van der Waals surface area contributed by atoms with E-state index in [2.05, 4.69) is 5.32 Å². The van der Waals surface area contributed by atoms with Crippen LogP contribution in [0.25, 0.3) is 0 Å². The number of benzene rings is 1. The normalized spacial score (nSPS) is 36.3. The summed E-state index contributed by atoms with van der Waals surface area (Å²) in [5.41, 5.74) is 5.10. The molecule has 4 aliphatic carbocycles. The van der Waals surface area contributed by atoms with Crippen LogP contribution in [-0.4, -0.2) is 48.6 Å². The van der Waals surface area contributed by atoms with Crippen molar-refractivity contribution in [3.05, 3.63) is 35.1 Å². The number of rotatable bonds is 5. The molecule has 1 aromatic rings. The van der Waals surface area contributed by atoms with E-state index in [9.17, 15) is 22.8 Å². The number of carbonyl (C=O) groups excluding carboxylic acids is 2. The molecular weight excluding hydrogens is 423 g/mol. The van der Waals surface area contributed by atoms with Gasteiger partial charge in [-0.3, -0.25) is 14.5 Å². The first-order chi connectivity index (χ1) is 15.2. The van der Waals surface area contributed by atoms with Crippen molar-refractivity contribution in [2.24, 2.45) is 28.9 Å². The summed E-state index contributed by atoms with van der Waals surface area (Å²) >= 11 is 0. The van der Waals surface area contributed by atoms with Crippen molar-refractivity contribution in [1.29, 1.82) is 0 Å². The molecule has 0 radical (unpaired) electrons. The lowest BCUT2D eigenvalue weighted by molar-refractivity contribution is -0.151. The Morgan fingerprint density at radius 2 is 1.78 bits per heavy atom. The highest BCUT2D eigenvalue weighted by atomic mass is 19.1. The molecule has 3 N–H and O–H groups in total. The molecule has 0 spiro atoms. The summed E-state index contributed by atoms with van der Waals surface area (Å²) in [5, 5.41) is 3.16. The zero-order valence-corrected chi connectivity index (χ0v) is 17.8. The highest BCUT2D eigenvalue weighted by molar-refractivity contribution is 5.83. The second-order valence-electron chi connectivity index (χ2n) is 10.1. The Bertz CT molecular complexity index is 903. The van der Waals surface area contributed by atoms with E-state index >= 15 is 0 Å². The Morgan fingerprint density at radius 3 is 2.41 bits per heavy atom. The van der Waals surface area contributed by atoms with Crippen LogP contribution >= 0.6 is 0 Å². The van der Waals surface area contributed by atoms with E-state index in [1.165, 1.54) is 0 Å². The fourth-order valence-electron chi connectivity index (χ4n) is 6.77. The van der Waals surface area contributed by atoms with Crippen LogP contribution < -0.4 is 11.1 Å². The van der Waals surface area contributed by atoms with Crippen LogP contribution in [0, 0.1) is 40.6 Å². The number of hydrogen-bond acceptors (Lipinski definition) is 4. The van der Waals surface area contributed by atoms with Crippen molar-refractivity contribution in [1.82, 2.24) is 10.2 Å². The summed E-state index contributed by atoms with van der Waals surface area (Å²) in [6.45, 7) is 0.797. The molecule has 1 aromatic carbocycles. The number of nitrogens with one attached hydrogen (secondary N) is 1. The van der Waals surface area contributed by atoms with Gasteiger partial charge in [0, 0.05) is 48.8 Å². The molecule has 6 rings (SSSR count). The molecule has 1 saturated heterocycles. The van der Waals surface area contributed by atoms with Crippen LogP contribution in [0.15, 0.2) is 12.1 Å². The Labute approximate surface area is 184 Å². The van der Waals surface area contributed by atoms with Gasteiger partial charge in [-0.05, 0) is 49.9 Å². The first-order valence-electron chi connectivity index (χ1n) is 11.3. The predicted octanol–water partition coefficient (Wildman–Crippen LogP) is 2.10. The maximum absolute atomic E-state index is 14.0. The lowest BCUT2D eigenvalue weighted by Gasteiger charge is -2.59. The summed E-state index contributed by atoms with van der Waals surface area (Å²) in [6.07, 6.45) is 3.56. The average molecular weight is 451 g/mol. The summed E-state index contributed by atoms with van der Waals surface area (Å²) in [7, 11) is 0. The minimum atomic E-state index is -0.961. The van der Waals surface area contributed by atoms with E-state index in [1.54, 1.807) is 4.90 Å². The topological polar surface area (TPSA) is 84.7 Å². The molecule has 4 bridgehead atoms. The highest BCUT2D eigenvalue weighted by Gasteiger charge is 2.58.